The van der Waals surface area contributed by atoms with Crippen molar-refractivity contribution in [2.75, 3.05) is 0 Å². The molecular weight excluding hydrogens is 362 g/mol. The number of hydrogen-bond acceptors (Lipinski definition) is 2. The summed E-state index contributed by atoms with van der Waals surface area (Å²) < 4.78 is 0. The van der Waals surface area contributed by atoms with Gasteiger partial charge in [-0.25, -0.2) is 0 Å². The molecule has 3 rings (SSSR count). The molecule has 2 nitrogen and oxygen atoms in total. The summed E-state index contributed by atoms with van der Waals surface area (Å²) in [4.78, 5) is 13.8. The molecule has 0 aliphatic rings. The van der Waals surface area contributed by atoms with E-state index in [0.717, 1.165) is 17.7 Å². The lowest BCUT2D eigenvalue weighted by Gasteiger charge is -2.15. The van der Waals surface area contributed by atoms with Crippen molar-refractivity contribution in [3.63, 3.8) is 0 Å². The molecule has 0 bridgehead atoms. The molecule has 3 aromatic rings. The Kier molecular flexibility index (Phi) is 6.94. The summed E-state index contributed by atoms with van der Waals surface area (Å²) in [5, 5.41) is 3.09. The van der Waals surface area contributed by atoms with Crippen molar-refractivity contribution in [3.8, 4) is 0 Å². The number of hydrogen-bond donors (Lipinski definition) is 1. The molecule has 144 valence electrons. The Hall–Kier alpha value is -2.52. The van der Waals surface area contributed by atoms with Gasteiger partial charge in [0.2, 0.25) is 0 Å². The van der Waals surface area contributed by atoms with E-state index in [-0.39, 0.29) is 11.9 Å². The van der Waals surface area contributed by atoms with Crippen molar-refractivity contribution in [2.24, 2.45) is 0 Å². The monoisotopic (exact) mass is 389 g/mol. The van der Waals surface area contributed by atoms with Crippen LogP contribution in [0.25, 0.3) is 0 Å². The van der Waals surface area contributed by atoms with Crippen LogP contribution in [0.3, 0.4) is 0 Å². The smallest absolute Gasteiger partial charge is 0.251 e. The van der Waals surface area contributed by atoms with Crippen LogP contribution in [-0.2, 0) is 12.2 Å². The standard InChI is InChI=1S/C25H27NOS/c1-4-20-7-11-22(12-8-20)19(3)26-25(27)23-13-9-21(10-14-23)17-28-24-15-5-18(2)6-16-24/h5-16,19H,4,17H2,1-3H3,(H,26,27). The number of carbonyl (C=O) groups excluding carboxylic acids is 1. The lowest BCUT2D eigenvalue weighted by atomic mass is 10.0. The minimum absolute atomic E-state index is 0.0184. The summed E-state index contributed by atoms with van der Waals surface area (Å²) in [5.41, 5.74) is 5.61. The van der Waals surface area contributed by atoms with Crippen molar-refractivity contribution in [2.45, 2.75) is 43.9 Å². The van der Waals surface area contributed by atoms with Crippen molar-refractivity contribution in [1.29, 1.82) is 0 Å². The first-order valence-corrected chi connectivity index (χ1v) is 10.7. The number of amides is 1. The maximum absolute atomic E-state index is 12.6. The lowest BCUT2D eigenvalue weighted by Crippen LogP contribution is -2.26. The molecule has 3 aromatic carbocycles. The fourth-order valence-electron chi connectivity index (χ4n) is 2.96. The summed E-state index contributed by atoms with van der Waals surface area (Å²) in [6, 6.07) is 24.9. The van der Waals surface area contributed by atoms with Crippen LogP contribution in [0.2, 0.25) is 0 Å². The van der Waals surface area contributed by atoms with E-state index in [4.69, 9.17) is 0 Å². The second-order valence-corrected chi connectivity index (χ2v) is 8.14. The van der Waals surface area contributed by atoms with E-state index in [9.17, 15) is 4.79 Å². The first kappa shape index (κ1) is 20.2. The molecule has 0 aliphatic carbocycles. The molecule has 0 aromatic heterocycles. The predicted molar refractivity (Wildman–Crippen MR) is 119 cm³/mol. The second kappa shape index (κ2) is 9.61. The number of aryl methyl sites for hydroxylation is 2. The highest BCUT2D eigenvalue weighted by Gasteiger charge is 2.11. The zero-order valence-corrected chi connectivity index (χ0v) is 17.6. The molecule has 3 heteroatoms. The van der Waals surface area contributed by atoms with E-state index in [1.807, 2.05) is 31.2 Å². The van der Waals surface area contributed by atoms with Crippen LogP contribution in [0.15, 0.2) is 77.7 Å². The molecule has 0 heterocycles. The topological polar surface area (TPSA) is 29.1 Å². The third-order valence-electron chi connectivity index (χ3n) is 4.88. The number of rotatable bonds is 7. The third kappa shape index (κ3) is 5.49. The first-order chi connectivity index (χ1) is 13.5. The average molecular weight is 390 g/mol. The van der Waals surface area contributed by atoms with Gasteiger partial charge >= 0.3 is 0 Å². The van der Waals surface area contributed by atoms with Gasteiger partial charge in [0.15, 0.2) is 0 Å². The summed E-state index contributed by atoms with van der Waals surface area (Å²) >= 11 is 1.81. The highest BCUT2D eigenvalue weighted by atomic mass is 32.2. The van der Waals surface area contributed by atoms with Crippen LogP contribution in [0.5, 0.6) is 0 Å². The molecule has 28 heavy (non-hydrogen) atoms. The van der Waals surface area contributed by atoms with Crippen molar-refractivity contribution in [1.82, 2.24) is 5.32 Å². The Bertz CT molecular complexity index is 899. The van der Waals surface area contributed by atoms with Gasteiger partial charge in [-0.05, 0) is 61.2 Å². The summed E-state index contributed by atoms with van der Waals surface area (Å²) in [6.45, 7) is 6.26. The predicted octanol–water partition coefficient (Wildman–Crippen LogP) is 6.34. The molecule has 0 saturated heterocycles. The SMILES string of the molecule is CCc1ccc(C(C)NC(=O)c2ccc(CSc3ccc(C)cc3)cc2)cc1. The van der Waals surface area contributed by atoms with E-state index in [1.165, 1.54) is 21.6 Å². The fourth-order valence-corrected chi connectivity index (χ4v) is 3.81. The van der Waals surface area contributed by atoms with E-state index in [1.54, 1.807) is 11.8 Å². The van der Waals surface area contributed by atoms with Crippen LogP contribution in [0.4, 0.5) is 0 Å². The van der Waals surface area contributed by atoms with Gasteiger partial charge in [-0.2, -0.15) is 0 Å². The van der Waals surface area contributed by atoms with Gasteiger partial charge in [-0.3, -0.25) is 4.79 Å². The van der Waals surface area contributed by atoms with E-state index < -0.39 is 0 Å². The Morgan fingerprint density at radius 2 is 1.50 bits per heavy atom. The van der Waals surface area contributed by atoms with Gasteiger partial charge < -0.3 is 5.32 Å². The minimum atomic E-state index is -0.0372. The third-order valence-corrected chi connectivity index (χ3v) is 5.96. The molecule has 0 spiro atoms. The van der Waals surface area contributed by atoms with E-state index >= 15 is 0 Å². The normalized spacial score (nSPS) is 11.8. The van der Waals surface area contributed by atoms with Crippen molar-refractivity contribution < 1.29 is 4.79 Å². The Labute approximate surface area is 172 Å². The Morgan fingerprint density at radius 1 is 0.893 bits per heavy atom. The van der Waals surface area contributed by atoms with Crippen molar-refractivity contribution >= 4 is 17.7 Å². The fraction of sp³-hybridized carbons (Fsp3) is 0.240. The van der Waals surface area contributed by atoms with E-state index in [2.05, 4.69) is 67.7 Å². The largest absolute Gasteiger partial charge is 0.346 e. The minimum Gasteiger partial charge on any atom is -0.346 e. The molecule has 0 saturated carbocycles. The van der Waals surface area contributed by atoms with Crippen molar-refractivity contribution in [3.05, 3.63) is 101 Å². The number of benzene rings is 3. The van der Waals surface area contributed by atoms with Gasteiger partial charge in [-0.15, -0.1) is 11.8 Å². The molecular formula is C25H27NOS. The van der Waals surface area contributed by atoms with E-state index in [0.29, 0.717) is 5.56 Å². The highest BCUT2D eigenvalue weighted by Crippen LogP contribution is 2.23. The van der Waals surface area contributed by atoms with Crippen LogP contribution >= 0.6 is 11.8 Å². The quantitative estimate of drug-likeness (QED) is 0.478. The summed E-state index contributed by atoms with van der Waals surface area (Å²) in [6.07, 6.45) is 1.02. The molecule has 1 amide bonds. The maximum Gasteiger partial charge on any atom is 0.251 e. The Morgan fingerprint density at radius 3 is 2.11 bits per heavy atom. The molecule has 0 aliphatic heterocycles. The zero-order chi connectivity index (χ0) is 19.9. The van der Waals surface area contributed by atoms with Crippen LogP contribution in [0, 0.1) is 6.92 Å². The second-order valence-electron chi connectivity index (χ2n) is 7.09. The van der Waals surface area contributed by atoms with Crippen LogP contribution in [-0.4, -0.2) is 5.91 Å². The molecule has 1 atom stereocenters. The van der Waals surface area contributed by atoms with Gasteiger partial charge in [0.25, 0.3) is 5.91 Å². The van der Waals surface area contributed by atoms with Gasteiger partial charge in [-0.1, -0.05) is 61.0 Å². The molecule has 1 unspecified atom stereocenters. The maximum atomic E-state index is 12.6. The molecule has 0 radical (unpaired) electrons. The van der Waals surface area contributed by atoms with Crippen LogP contribution < -0.4 is 5.32 Å². The number of thioether (sulfide) groups is 1. The highest BCUT2D eigenvalue weighted by molar-refractivity contribution is 7.98. The number of nitrogens with one attached hydrogen (secondary N) is 1. The average Bonchev–Trinajstić information content (AvgIpc) is 2.73. The lowest BCUT2D eigenvalue weighted by molar-refractivity contribution is 0.0940. The summed E-state index contributed by atoms with van der Waals surface area (Å²) in [5.74, 6) is 0.857. The van der Waals surface area contributed by atoms with Gasteiger partial charge in [0, 0.05) is 16.2 Å². The van der Waals surface area contributed by atoms with Gasteiger partial charge in [0.1, 0.15) is 0 Å². The zero-order valence-electron chi connectivity index (χ0n) is 16.7. The first-order valence-electron chi connectivity index (χ1n) is 9.73. The van der Waals surface area contributed by atoms with Crippen LogP contribution in [0.1, 0.15) is 52.5 Å². The summed E-state index contributed by atoms with van der Waals surface area (Å²) in [7, 11) is 0. The number of carbonyl (C=O) groups is 1. The molecule has 0 fully saturated rings. The molecule has 1 N–H and O–H groups in total. The van der Waals surface area contributed by atoms with Gasteiger partial charge in [0.05, 0.1) is 6.04 Å². The Balaban J connectivity index is 1.55.